The van der Waals surface area contributed by atoms with Gasteiger partial charge < -0.3 is 20.4 Å². The van der Waals surface area contributed by atoms with Crippen LogP contribution in [0.4, 0.5) is 15.8 Å². The molecule has 3 amide bonds. The molecule has 2 aromatic rings. The van der Waals surface area contributed by atoms with E-state index in [9.17, 15) is 18.8 Å². The van der Waals surface area contributed by atoms with Crippen molar-refractivity contribution in [3.8, 4) is 0 Å². The molecule has 0 aromatic heterocycles. The number of hydrogen-bond donors (Lipinski definition) is 2. The number of hydrogen-bond acceptors (Lipinski definition) is 5. The van der Waals surface area contributed by atoms with Gasteiger partial charge in [-0.3, -0.25) is 19.3 Å². The smallest absolute Gasteiger partial charge is 0.243 e. The molecule has 2 aliphatic heterocycles. The SMILES string of the molecule is CCc1ccc(NC(=O)C[C@H]2C(=O)NCCN2C(=O)CN2CCN(c3ccc(F)cc3)CC2)cc1. The van der Waals surface area contributed by atoms with Gasteiger partial charge >= 0.3 is 0 Å². The van der Waals surface area contributed by atoms with E-state index in [1.807, 2.05) is 24.3 Å². The summed E-state index contributed by atoms with van der Waals surface area (Å²) in [7, 11) is 0. The molecule has 0 aliphatic carbocycles. The highest BCUT2D eigenvalue weighted by Crippen LogP contribution is 2.18. The summed E-state index contributed by atoms with van der Waals surface area (Å²) in [6.45, 7) is 5.82. The lowest BCUT2D eigenvalue weighted by Crippen LogP contribution is -2.60. The number of anilines is 2. The van der Waals surface area contributed by atoms with Gasteiger partial charge in [-0.2, -0.15) is 0 Å². The molecule has 2 aromatic carbocycles. The van der Waals surface area contributed by atoms with Gasteiger partial charge in [0.2, 0.25) is 17.7 Å². The average molecular weight is 482 g/mol. The predicted octanol–water partition coefficient (Wildman–Crippen LogP) is 1.87. The molecule has 35 heavy (non-hydrogen) atoms. The molecule has 2 N–H and O–H groups in total. The molecular weight excluding hydrogens is 449 g/mol. The first-order valence-electron chi connectivity index (χ1n) is 12.1. The first-order chi connectivity index (χ1) is 16.9. The lowest BCUT2D eigenvalue weighted by Gasteiger charge is -2.39. The van der Waals surface area contributed by atoms with Crippen LogP contribution in [0, 0.1) is 5.82 Å². The van der Waals surface area contributed by atoms with E-state index in [-0.39, 0.29) is 36.5 Å². The molecule has 0 saturated carbocycles. The third kappa shape index (κ3) is 6.36. The van der Waals surface area contributed by atoms with Crippen molar-refractivity contribution in [1.82, 2.24) is 15.1 Å². The van der Waals surface area contributed by atoms with Crippen molar-refractivity contribution in [2.75, 3.05) is 56.0 Å². The van der Waals surface area contributed by atoms with E-state index < -0.39 is 6.04 Å². The highest BCUT2D eigenvalue weighted by Gasteiger charge is 2.35. The molecule has 0 unspecified atom stereocenters. The topological polar surface area (TPSA) is 85.0 Å². The van der Waals surface area contributed by atoms with E-state index in [2.05, 4.69) is 27.4 Å². The van der Waals surface area contributed by atoms with E-state index in [1.165, 1.54) is 22.6 Å². The predicted molar refractivity (Wildman–Crippen MR) is 133 cm³/mol. The van der Waals surface area contributed by atoms with E-state index in [0.717, 1.165) is 25.2 Å². The minimum absolute atomic E-state index is 0.0918. The van der Waals surface area contributed by atoms with Gasteiger partial charge in [0.15, 0.2) is 0 Å². The first-order valence-corrected chi connectivity index (χ1v) is 12.1. The van der Waals surface area contributed by atoms with Crippen molar-refractivity contribution < 1.29 is 18.8 Å². The molecule has 0 radical (unpaired) electrons. The molecule has 2 saturated heterocycles. The van der Waals surface area contributed by atoms with Crippen LogP contribution in [0.5, 0.6) is 0 Å². The molecule has 9 heteroatoms. The van der Waals surface area contributed by atoms with Gasteiger partial charge in [0.1, 0.15) is 11.9 Å². The van der Waals surface area contributed by atoms with Crippen LogP contribution in [0.15, 0.2) is 48.5 Å². The maximum Gasteiger partial charge on any atom is 0.243 e. The number of rotatable bonds is 7. The standard InChI is InChI=1S/C26H32FN5O3/c1-2-19-3-7-21(8-4-19)29-24(33)17-23-26(35)28-11-12-32(23)25(34)18-30-13-15-31(16-14-30)22-9-5-20(27)6-10-22/h3-10,23H,2,11-18H2,1H3,(H,28,35)(H,29,33)/t23-/m0/s1. The van der Waals surface area contributed by atoms with Gasteiger partial charge in [-0.05, 0) is 48.4 Å². The summed E-state index contributed by atoms with van der Waals surface area (Å²) < 4.78 is 13.2. The van der Waals surface area contributed by atoms with Gasteiger partial charge in [0.25, 0.3) is 0 Å². The number of halogens is 1. The second kappa shape index (κ2) is 11.3. The highest BCUT2D eigenvalue weighted by molar-refractivity contribution is 5.97. The second-order valence-corrected chi connectivity index (χ2v) is 8.94. The molecule has 0 spiro atoms. The molecule has 8 nitrogen and oxygen atoms in total. The zero-order chi connectivity index (χ0) is 24.8. The van der Waals surface area contributed by atoms with Crippen LogP contribution in [0.1, 0.15) is 18.9 Å². The Balaban J connectivity index is 1.31. The quantitative estimate of drug-likeness (QED) is 0.631. The van der Waals surface area contributed by atoms with Crippen LogP contribution in [-0.2, 0) is 20.8 Å². The Bertz CT molecular complexity index is 1040. The van der Waals surface area contributed by atoms with Crippen molar-refractivity contribution in [3.63, 3.8) is 0 Å². The summed E-state index contributed by atoms with van der Waals surface area (Å²) in [6.07, 6.45) is 0.820. The third-order valence-electron chi connectivity index (χ3n) is 6.60. The van der Waals surface area contributed by atoms with Crippen LogP contribution in [-0.4, -0.2) is 79.4 Å². The first kappa shape index (κ1) is 24.7. The average Bonchev–Trinajstić information content (AvgIpc) is 2.86. The highest BCUT2D eigenvalue weighted by atomic mass is 19.1. The van der Waals surface area contributed by atoms with Gasteiger partial charge in [-0.15, -0.1) is 0 Å². The minimum Gasteiger partial charge on any atom is -0.369 e. The number of amides is 3. The number of nitrogens with one attached hydrogen (secondary N) is 2. The van der Waals surface area contributed by atoms with Crippen LogP contribution >= 0.6 is 0 Å². The van der Waals surface area contributed by atoms with Crippen molar-refractivity contribution in [2.45, 2.75) is 25.8 Å². The maximum absolute atomic E-state index is 13.2. The van der Waals surface area contributed by atoms with E-state index in [0.29, 0.717) is 31.9 Å². The largest absolute Gasteiger partial charge is 0.369 e. The zero-order valence-corrected chi connectivity index (χ0v) is 20.0. The molecule has 4 rings (SSSR count). The molecule has 1 atom stereocenters. The van der Waals surface area contributed by atoms with E-state index >= 15 is 0 Å². The fraction of sp³-hybridized carbons (Fsp3) is 0.423. The Kier molecular flexibility index (Phi) is 7.97. The lowest BCUT2D eigenvalue weighted by atomic mass is 10.1. The summed E-state index contributed by atoms with van der Waals surface area (Å²) in [5.41, 5.74) is 2.80. The van der Waals surface area contributed by atoms with Crippen molar-refractivity contribution in [2.24, 2.45) is 0 Å². The molecular formula is C26H32FN5O3. The maximum atomic E-state index is 13.2. The molecule has 2 heterocycles. The number of aryl methyl sites for hydroxylation is 1. The summed E-state index contributed by atoms with van der Waals surface area (Å²) in [6, 6.07) is 13.2. The van der Waals surface area contributed by atoms with Crippen LogP contribution in [0.2, 0.25) is 0 Å². The summed E-state index contributed by atoms with van der Waals surface area (Å²) in [5.74, 6) is -1.02. The lowest BCUT2D eigenvalue weighted by molar-refractivity contribution is -0.145. The van der Waals surface area contributed by atoms with Crippen LogP contribution in [0.3, 0.4) is 0 Å². The Labute approximate surface area is 205 Å². The Morgan fingerprint density at radius 3 is 2.34 bits per heavy atom. The molecule has 0 bridgehead atoms. The fourth-order valence-corrected chi connectivity index (χ4v) is 4.53. The Hall–Kier alpha value is -3.46. The van der Waals surface area contributed by atoms with Gasteiger partial charge in [0.05, 0.1) is 13.0 Å². The van der Waals surface area contributed by atoms with Crippen molar-refractivity contribution in [3.05, 3.63) is 59.9 Å². The third-order valence-corrected chi connectivity index (χ3v) is 6.60. The van der Waals surface area contributed by atoms with Crippen LogP contribution < -0.4 is 15.5 Å². The molecule has 186 valence electrons. The summed E-state index contributed by atoms with van der Waals surface area (Å²) in [4.78, 5) is 44.1. The summed E-state index contributed by atoms with van der Waals surface area (Å²) >= 11 is 0. The number of benzene rings is 2. The number of carbonyl (C=O) groups excluding carboxylic acids is 3. The molecule has 2 aliphatic rings. The van der Waals surface area contributed by atoms with Gasteiger partial charge in [-0.25, -0.2) is 4.39 Å². The fourth-order valence-electron chi connectivity index (χ4n) is 4.53. The normalized spacial score (nSPS) is 18.8. The van der Waals surface area contributed by atoms with E-state index in [1.54, 1.807) is 12.1 Å². The van der Waals surface area contributed by atoms with Gasteiger partial charge in [0, 0.05) is 50.6 Å². The minimum atomic E-state index is -0.827. The van der Waals surface area contributed by atoms with Crippen LogP contribution in [0.25, 0.3) is 0 Å². The van der Waals surface area contributed by atoms with E-state index in [4.69, 9.17) is 0 Å². The van der Waals surface area contributed by atoms with Crippen molar-refractivity contribution in [1.29, 1.82) is 0 Å². The number of nitrogens with zero attached hydrogens (tertiary/aromatic N) is 3. The molecule has 2 fully saturated rings. The Morgan fingerprint density at radius 2 is 1.69 bits per heavy atom. The number of piperazine rings is 2. The van der Waals surface area contributed by atoms with Crippen molar-refractivity contribution >= 4 is 29.1 Å². The summed E-state index contributed by atoms with van der Waals surface area (Å²) in [5, 5.41) is 5.60. The Morgan fingerprint density at radius 1 is 1.00 bits per heavy atom. The second-order valence-electron chi connectivity index (χ2n) is 8.94. The number of carbonyl (C=O) groups is 3. The zero-order valence-electron chi connectivity index (χ0n) is 20.0. The van der Waals surface area contributed by atoms with Gasteiger partial charge in [-0.1, -0.05) is 19.1 Å². The monoisotopic (exact) mass is 481 g/mol.